The number of methoxy groups -OCH3 is 1. The van der Waals surface area contributed by atoms with E-state index >= 15 is 0 Å². The van der Waals surface area contributed by atoms with Crippen LogP contribution in [-0.2, 0) is 14.6 Å². The highest BCUT2D eigenvalue weighted by atomic mass is 32.2. The second-order valence-electron chi connectivity index (χ2n) is 4.84. The Bertz CT molecular complexity index is 1010. The van der Waals surface area contributed by atoms with Gasteiger partial charge in [0.05, 0.1) is 12.9 Å². The molecule has 1 aromatic carbocycles. The number of carbonyl (C=O) groups is 1. The van der Waals surface area contributed by atoms with Crippen molar-refractivity contribution in [1.82, 2.24) is 9.36 Å². The number of aromatic nitrogens is 2. The van der Waals surface area contributed by atoms with Gasteiger partial charge in [-0.1, -0.05) is 13.0 Å². The minimum atomic E-state index is -3.58. The minimum absolute atomic E-state index is 0.0357. The van der Waals surface area contributed by atoms with Crippen molar-refractivity contribution in [2.75, 3.05) is 18.2 Å². The van der Waals surface area contributed by atoms with Crippen LogP contribution in [0.2, 0.25) is 0 Å². The Morgan fingerprint density at radius 1 is 1.50 bits per heavy atom. The molecule has 0 spiro atoms. The van der Waals surface area contributed by atoms with Gasteiger partial charge in [-0.2, -0.15) is 14.6 Å². The Balaban J connectivity index is 2.23. The van der Waals surface area contributed by atoms with Gasteiger partial charge in [-0.15, -0.1) is 0 Å². The second-order valence-corrected chi connectivity index (χ2v) is 7.76. The van der Waals surface area contributed by atoms with E-state index < -0.39 is 15.7 Å². The van der Waals surface area contributed by atoms with E-state index in [-0.39, 0.29) is 33.1 Å². The standard InChI is InChI=1S/C15H14N4O5S2/c1-3-26(22,23)15-18-14(25-19-15)17-13(21)10(8-16)6-9-4-5-11(20)12(7-9)24-2/h4-7,20H,3H2,1-2H3,(H,17,18,19,21). The molecule has 9 nitrogen and oxygen atoms in total. The fourth-order valence-corrected chi connectivity index (χ4v) is 3.36. The van der Waals surface area contributed by atoms with Crippen LogP contribution in [0.5, 0.6) is 11.5 Å². The first-order valence-corrected chi connectivity index (χ1v) is 9.60. The summed E-state index contributed by atoms with van der Waals surface area (Å²) in [5.41, 5.74) is 0.214. The van der Waals surface area contributed by atoms with E-state index in [1.54, 1.807) is 6.07 Å². The van der Waals surface area contributed by atoms with Crippen molar-refractivity contribution in [3.05, 3.63) is 29.3 Å². The monoisotopic (exact) mass is 394 g/mol. The normalized spacial score (nSPS) is 11.7. The lowest BCUT2D eigenvalue weighted by atomic mass is 10.1. The molecule has 0 saturated carbocycles. The number of sulfone groups is 1. The summed E-state index contributed by atoms with van der Waals surface area (Å²) in [4.78, 5) is 16.0. The van der Waals surface area contributed by atoms with Gasteiger partial charge in [-0.05, 0) is 23.8 Å². The fourth-order valence-electron chi connectivity index (χ4n) is 1.78. The highest BCUT2D eigenvalue weighted by Gasteiger charge is 2.20. The topological polar surface area (TPSA) is 142 Å². The molecule has 2 rings (SSSR count). The molecule has 0 aliphatic carbocycles. The van der Waals surface area contributed by atoms with Crippen molar-refractivity contribution < 1.29 is 23.1 Å². The Morgan fingerprint density at radius 2 is 2.23 bits per heavy atom. The maximum Gasteiger partial charge on any atom is 0.268 e. The Hall–Kier alpha value is -2.97. The van der Waals surface area contributed by atoms with E-state index in [2.05, 4.69) is 14.7 Å². The summed E-state index contributed by atoms with van der Waals surface area (Å²) < 4.78 is 32.0. The van der Waals surface area contributed by atoms with Crippen molar-refractivity contribution >= 4 is 38.5 Å². The molecule has 0 fully saturated rings. The van der Waals surface area contributed by atoms with Crippen LogP contribution in [0.3, 0.4) is 0 Å². The van der Waals surface area contributed by atoms with Crippen LogP contribution in [0.4, 0.5) is 5.13 Å². The maximum atomic E-state index is 12.2. The molecule has 2 N–H and O–H groups in total. The van der Waals surface area contributed by atoms with Crippen LogP contribution in [0, 0.1) is 11.3 Å². The number of phenolic OH excluding ortho intramolecular Hbond substituents is 1. The zero-order valence-electron chi connectivity index (χ0n) is 13.8. The van der Waals surface area contributed by atoms with Gasteiger partial charge in [0.25, 0.3) is 11.1 Å². The largest absolute Gasteiger partial charge is 0.504 e. The summed E-state index contributed by atoms with van der Waals surface area (Å²) in [5, 5.41) is 20.7. The first-order valence-electron chi connectivity index (χ1n) is 7.17. The van der Waals surface area contributed by atoms with Crippen LogP contribution in [0.1, 0.15) is 12.5 Å². The molecular weight excluding hydrogens is 380 g/mol. The summed E-state index contributed by atoms with van der Waals surface area (Å²) in [6.07, 6.45) is 1.29. The number of phenols is 1. The van der Waals surface area contributed by atoms with E-state index in [1.807, 2.05) is 0 Å². The predicted octanol–water partition coefficient (Wildman–Crippen LogP) is 1.59. The Kier molecular flexibility index (Phi) is 5.91. The molecular formula is C15H14N4O5S2. The van der Waals surface area contributed by atoms with E-state index in [0.717, 1.165) is 0 Å². The number of hydrogen-bond acceptors (Lipinski definition) is 9. The molecule has 1 amide bonds. The molecule has 0 aliphatic heterocycles. The number of nitrogens with zero attached hydrogens (tertiary/aromatic N) is 3. The first kappa shape index (κ1) is 19.4. The van der Waals surface area contributed by atoms with E-state index in [9.17, 15) is 23.6 Å². The maximum absolute atomic E-state index is 12.2. The molecule has 0 aliphatic rings. The molecule has 136 valence electrons. The minimum Gasteiger partial charge on any atom is -0.504 e. The zero-order valence-corrected chi connectivity index (χ0v) is 15.4. The summed E-state index contributed by atoms with van der Waals surface area (Å²) in [5.74, 6) is -0.819. The number of ether oxygens (including phenoxy) is 1. The van der Waals surface area contributed by atoms with Gasteiger partial charge in [0.2, 0.25) is 15.0 Å². The number of hydrogen-bond donors (Lipinski definition) is 2. The average Bonchev–Trinajstić information content (AvgIpc) is 3.10. The van der Waals surface area contributed by atoms with Crippen LogP contribution < -0.4 is 10.1 Å². The van der Waals surface area contributed by atoms with Gasteiger partial charge >= 0.3 is 0 Å². The lowest BCUT2D eigenvalue weighted by molar-refractivity contribution is -0.112. The van der Waals surface area contributed by atoms with Crippen LogP contribution in [0.25, 0.3) is 6.08 Å². The molecule has 1 aromatic heterocycles. The molecule has 2 aromatic rings. The Labute approximate surface area is 153 Å². The molecule has 0 bridgehead atoms. The molecule has 0 unspecified atom stereocenters. The zero-order chi connectivity index (χ0) is 19.3. The smallest absolute Gasteiger partial charge is 0.268 e. The third-order valence-corrected chi connectivity index (χ3v) is 5.41. The van der Waals surface area contributed by atoms with Gasteiger partial charge in [-0.3, -0.25) is 10.1 Å². The van der Waals surface area contributed by atoms with E-state index in [1.165, 1.54) is 38.3 Å². The summed E-state index contributed by atoms with van der Waals surface area (Å²) >= 11 is 0.700. The number of carbonyl (C=O) groups excluding carboxylic acids is 1. The van der Waals surface area contributed by atoms with Gasteiger partial charge in [0.1, 0.15) is 11.6 Å². The number of anilines is 1. The molecule has 11 heteroatoms. The van der Waals surface area contributed by atoms with Crippen LogP contribution in [-0.4, -0.2) is 41.7 Å². The second kappa shape index (κ2) is 7.94. The van der Waals surface area contributed by atoms with Gasteiger partial charge in [-0.25, -0.2) is 8.42 Å². The molecule has 0 saturated heterocycles. The number of aromatic hydroxyl groups is 1. The van der Waals surface area contributed by atoms with Gasteiger partial charge in [0.15, 0.2) is 11.5 Å². The van der Waals surface area contributed by atoms with Gasteiger partial charge in [0, 0.05) is 11.5 Å². The summed E-state index contributed by atoms with van der Waals surface area (Å²) in [6, 6.07) is 6.07. The Morgan fingerprint density at radius 3 is 2.85 bits per heavy atom. The molecule has 26 heavy (non-hydrogen) atoms. The quantitative estimate of drug-likeness (QED) is 0.555. The molecule has 0 radical (unpaired) electrons. The van der Waals surface area contributed by atoms with Crippen molar-refractivity contribution in [2.24, 2.45) is 0 Å². The van der Waals surface area contributed by atoms with E-state index in [0.29, 0.717) is 17.1 Å². The fraction of sp³-hybridized carbons (Fsp3) is 0.200. The lowest BCUT2D eigenvalue weighted by Gasteiger charge is -2.04. The summed E-state index contributed by atoms with van der Waals surface area (Å²) in [7, 11) is -2.21. The number of nitriles is 1. The SMILES string of the molecule is CCS(=O)(=O)c1nsc(NC(=O)C(C#N)=Cc2ccc(O)c(OC)c2)n1. The van der Waals surface area contributed by atoms with Crippen LogP contribution in [0.15, 0.2) is 28.9 Å². The van der Waals surface area contributed by atoms with Gasteiger partial charge < -0.3 is 9.84 Å². The average molecular weight is 394 g/mol. The van der Waals surface area contributed by atoms with Crippen molar-refractivity contribution in [2.45, 2.75) is 12.1 Å². The number of amides is 1. The van der Waals surface area contributed by atoms with Crippen molar-refractivity contribution in [3.63, 3.8) is 0 Å². The highest BCUT2D eigenvalue weighted by molar-refractivity contribution is 7.91. The van der Waals surface area contributed by atoms with Crippen molar-refractivity contribution in [1.29, 1.82) is 5.26 Å². The number of rotatable bonds is 6. The molecule has 1 heterocycles. The number of benzene rings is 1. The predicted molar refractivity (Wildman–Crippen MR) is 94.5 cm³/mol. The number of nitrogens with one attached hydrogen (secondary N) is 1. The first-order chi connectivity index (χ1) is 12.3. The van der Waals surface area contributed by atoms with E-state index in [4.69, 9.17) is 4.74 Å². The van der Waals surface area contributed by atoms with Crippen molar-refractivity contribution in [3.8, 4) is 17.6 Å². The highest BCUT2D eigenvalue weighted by Crippen LogP contribution is 2.27. The third-order valence-electron chi connectivity index (χ3n) is 3.17. The molecule has 0 atom stereocenters. The third kappa shape index (κ3) is 4.35. The summed E-state index contributed by atoms with van der Waals surface area (Å²) in [6.45, 7) is 1.46. The van der Waals surface area contributed by atoms with Crippen LogP contribution >= 0.6 is 11.5 Å². The lowest BCUT2D eigenvalue weighted by Crippen LogP contribution is -2.13.